The third kappa shape index (κ3) is 9.06. The average molecular weight is 646 g/mol. The number of thioether (sulfide) groups is 1. The molecule has 0 unspecified atom stereocenters. The lowest BCUT2D eigenvalue weighted by molar-refractivity contribution is -0.146. The van der Waals surface area contributed by atoms with Crippen LogP contribution in [0.15, 0.2) is 104 Å². The van der Waals surface area contributed by atoms with E-state index in [0.717, 1.165) is 16.7 Å². The van der Waals surface area contributed by atoms with E-state index < -0.39 is 37.1 Å². The lowest BCUT2D eigenvalue weighted by Gasteiger charge is -2.42. The number of esters is 1. The molecule has 0 radical (unpaired) electrons. The molecule has 7 heteroatoms. The lowest BCUT2D eigenvalue weighted by Crippen LogP contribution is -2.51. The molecule has 0 aromatic heterocycles. The fraction of sp³-hybridized carbons (Fsp3) is 0.421. The van der Waals surface area contributed by atoms with E-state index in [1.54, 1.807) is 11.8 Å². The van der Waals surface area contributed by atoms with Gasteiger partial charge in [0, 0.05) is 11.7 Å². The summed E-state index contributed by atoms with van der Waals surface area (Å²) < 4.78 is 11.6. The zero-order chi connectivity index (χ0) is 33.3. The molecule has 3 atom stereocenters. The number of rotatable bonds is 16. The molecule has 242 valence electrons. The van der Waals surface area contributed by atoms with Crippen molar-refractivity contribution in [2.75, 3.05) is 12.4 Å². The van der Waals surface area contributed by atoms with Crippen molar-refractivity contribution in [1.82, 2.24) is 0 Å². The molecule has 0 heterocycles. The summed E-state index contributed by atoms with van der Waals surface area (Å²) in [5.41, 5.74) is 10.2. The average Bonchev–Trinajstić information content (AvgIpc) is 3.01. The number of hydrogen-bond donors (Lipinski definition) is 1. The van der Waals surface area contributed by atoms with Crippen molar-refractivity contribution in [3.8, 4) is 0 Å². The predicted molar refractivity (Wildman–Crippen MR) is 191 cm³/mol. The highest BCUT2D eigenvalue weighted by Crippen LogP contribution is 2.49. The van der Waals surface area contributed by atoms with Gasteiger partial charge in [0.15, 0.2) is 14.1 Å². The summed E-state index contributed by atoms with van der Waals surface area (Å²) in [5, 5.41) is -0.112. The van der Waals surface area contributed by atoms with Gasteiger partial charge in [0.25, 0.3) is 0 Å². The van der Waals surface area contributed by atoms with E-state index in [0.29, 0.717) is 5.75 Å². The number of nitrogens with two attached hydrogens (primary N) is 1. The number of ether oxygens (including phenoxy) is 1. The Kier molecular flexibility index (Phi) is 13.0. The van der Waals surface area contributed by atoms with Crippen LogP contribution in [0.5, 0.6) is 0 Å². The van der Waals surface area contributed by atoms with Gasteiger partial charge in [-0.2, -0.15) is 0 Å². The fourth-order valence-corrected chi connectivity index (χ4v) is 8.27. The third-order valence-electron chi connectivity index (χ3n) is 8.82. The maximum Gasteiger partial charge on any atom is 0.308 e. The van der Waals surface area contributed by atoms with Crippen LogP contribution in [0.1, 0.15) is 57.7 Å². The molecule has 2 N–H and O–H groups in total. The minimum absolute atomic E-state index is 0.0171. The van der Waals surface area contributed by atoms with Crippen molar-refractivity contribution < 1.29 is 18.8 Å². The van der Waals surface area contributed by atoms with Crippen molar-refractivity contribution in [2.45, 2.75) is 76.1 Å². The molecular weight excluding hydrogens is 595 g/mol. The Labute approximate surface area is 276 Å². The number of hydrogen-bond acceptors (Lipinski definition) is 6. The van der Waals surface area contributed by atoms with Gasteiger partial charge in [-0.3, -0.25) is 9.59 Å². The molecule has 0 aliphatic rings. The van der Waals surface area contributed by atoms with Crippen molar-refractivity contribution in [3.05, 3.63) is 120 Å². The van der Waals surface area contributed by atoms with Crippen LogP contribution in [0.3, 0.4) is 0 Å². The Morgan fingerprint density at radius 3 is 1.69 bits per heavy atom. The van der Waals surface area contributed by atoms with Crippen LogP contribution in [0.4, 0.5) is 0 Å². The van der Waals surface area contributed by atoms with Gasteiger partial charge in [-0.05, 0) is 40.7 Å². The normalized spacial score (nSPS) is 14.4. The summed E-state index contributed by atoms with van der Waals surface area (Å²) in [7, 11) is -2.36. The third-order valence-corrected chi connectivity index (χ3v) is 15.0. The number of benzene rings is 3. The lowest BCUT2D eigenvalue weighted by atomic mass is 9.82. The van der Waals surface area contributed by atoms with Crippen LogP contribution in [-0.2, 0) is 23.5 Å². The van der Waals surface area contributed by atoms with Gasteiger partial charge in [-0.15, -0.1) is 11.8 Å². The van der Waals surface area contributed by atoms with E-state index in [1.165, 1.54) is 6.08 Å². The second kappa shape index (κ2) is 16.0. The summed E-state index contributed by atoms with van der Waals surface area (Å²) in [4.78, 5) is 27.3. The minimum atomic E-state index is -2.36. The van der Waals surface area contributed by atoms with Gasteiger partial charge in [0.1, 0.15) is 6.61 Å². The second-order valence-electron chi connectivity index (χ2n) is 13.5. The number of ketones is 1. The maximum atomic E-state index is 14.4. The molecule has 0 spiro atoms. The van der Waals surface area contributed by atoms with Gasteiger partial charge in [-0.25, -0.2) is 0 Å². The number of Topliss-reactive ketones (excluding diaryl/α,β-unsaturated/α-hetero) is 1. The van der Waals surface area contributed by atoms with Crippen LogP contribution in [0, 0.1) is 11.8 Å². The summed E-state index contributed by atoms with van der Waals surface area (Å²) >= 11 is 1.67. The predicted octanol–water partition coefficient (Wildman–Crippen LogP) is 8.39. The Hall–Kier alpha value is -2.97. The summed E-state index contributed by atoms with van der Waals surface area (Å²) in [6.45, 7) is 18.5. The smallest absolute Gasteiger partial charge is 0.308 e. The molecule has 3 aromatic rings. The standard InChI is InChI=1S/C38H51NO4SSi/c1-9-25-42-34(40)26-33(43-45(7,8)37(4,5)6)35(28(2)3)36(41)32(39)27-44-38(29-19-13-10-14-20-29,30-21-15-11-16-22-30)31-23-17-12-18-24-31/h9-24,28,32-33,35H,1,25-27,39H2,2-8H3/t32-,33+,35-/m1/s1. The molecular formula is C38H51NO4SSi. The van der Waals surface area contributed by atoms with Crippen LogP contribution in [0.2, 0.25) is 18.1 Å². The first-order valence-electron chi connectivity index (χ1n) is 15.8. The van der Waals surface area contributed by atoms with Gasteiger partial charge in [-0.1, -0.05) is 138 Å². The zero-order valence-corrected chi connectivity index (χ0v) is 29.8. The maximum absolute atomic E-state index is 14.4. The molecule has 45 heavy (non-hydrogen) atoms. The van der Waals surface area contributed by atoms with Crippen molar-refractivity contribution in [2.24, 2.45) is 17.6 Å². The number of carbonyl (C=O) groups is 2. The topological polar surface area (TPSA) is 78.6 Å². The van der Waals surface area contributed by atoms with Crippen LogP contribution < -0.4 is 5.73 Å². The molecule has 0 aliphatic heterocycles. The molecule has 0 aliphatic carbocycles. The first-order valence-corrected chi connectivity index (χ1v) is 19.7. The first kappa shape index (κ1) is 36.5. The Morgan fingerprint density at radius 1 is 0.867 bits per heavy atom. The van der Waals surface area contributed by atoms with E-state index >= 15 is 0 Å². The Morgan fingerprint density at radius 2 is 1.31 bits per heavy atom. The summed E-state index contributed by atoms with van der Waals surface area (Å²) in [6.07, 6.45) is 0.878. The summed E-state index contributed by atoms with van der Waals surface area (Å²) in [6, 6.07) is 30.3. The van der Waals surface area contributed by atoms with E-state index in [1.807, 2.05) is 68.4 Å². The van der Waals surface area contributed by atoms with Crippen molar-refractivity contribution in [3.63, 3.8) is 0 Å². The van der Waals surface area contributed by atoms with E-state index in [4.69, 9.17) is 14.9 Å². The Bertz CT molecular complexity index is 1280. The minimum Gasteiger partial charge on any atom is -0.461 e. The fourth-order valence-electron chi connectivity index (χ4n) is 5.43. The molecule has 0 saturated carbocycles. The first-order chi connectivity index (χ1) is 21.2. The van der Waals surface area contributed by atoms with Gasteiger partial charge < -0.3 is 14.9 Å². The molecule has 0 amide bonds. The van der Waals surface area contributed by atoms with Gasteiger partial charge in [0.2, 0.25) is 0 Å². The summed E-state index contributed by atoms with van der Waals surface area (Å²) in [5.74, 6) is -0.811. The van der Waals surface area contributed by atoms with Crippen molar-refractivity contribution in [1.29, 1.82) is 0 Å². The van der Waals surface area contributed by atoms with Crippen molar-refractivity contribution >= 4 is 31.8 Å². The van der Waals surface area contributed by atoms with E-state index in [-0.39, 0.29) is 29.8 Å². The molecule has 3 aromatic carbocycles. The highest BCUT2D eigenvalue weighted by molar-refractivity contribution is 8.00. The molecule has 0 saturated heterocycles. The van der Waals surface area contributed by atoms with Crippen LogP contribution >= 0.6 is 11.8 Å². The quantitative estimate of drug-likeness (QED) is 0.0730. The van der Waals surface area contributed by atoms with E-state index in [2.05, 4.69) is 76.8 Å². The molecule has 0 bridgehead atoms. The van der Waals surface area contributed by atoms with Gasteiger partial charge >= 0.3 is 5.97 Å². The second-order valence-corrected chi connectivity index (χ2v) is 19.5. The number of carbonyl (C=O) groups excluding carboxylic acids is 2. The molecule has 3 rings (SSSR count). The van der Waals surface area contributed by atoms with Crippen LogP contribution in [0.25, 0.3) is 0 Å². The van der Waals surface area contributed by atoms with E-state index in [9.17, 15) is 9.59 Å². The van der Waals surface area contributed by atoms with Gasteiger partial charge in [0.05, 0.1) is 23.3 Å². The monoisotopic (exact) mass is 645 g/mol. The molecule has 0 fully saturated rings. The Balaban J connectivity index is 2.01. The zero-order valence-electron chi connectivity index (χ0n) is 28.0. The molecule has 5 nitrogen and oxygen atoms in total. The SMILES string of the molecule is C=CCOC(=O)C[C@H](O[Si](C)(C)C(C)(C)C)[C@H](C(=O)[C@H](N)CSC(c1ccccc1)(c1ccccc1)c1ccccc1)C(C)C. The largest absolute Gasteiger partial charge is 0.461 e. The van der Waals surface area contributed by atoms with Crippen LogP contribution in [-0.4, -0.2) is 44.6 Å². The highest BCUT2D eigenvalue weighted by atomic mass is 32.2. The highest BCUT2D eigenvalue weighted by Gasteiger charge is 2.45.